The van der Waals surface area contributed by atoms with E-state index in [1.807, 2.05) is 6.07 Å². The number of esters is 1. The highest BCUT2D eigenvalue weighted by Crippen LogP contribution is 2.24. The summed E-state index contributed by atoms with van der Waals surface area (Å²) in [5.41, 5.74) is 6.81. The third-order valence-electron chi connectivity index (χ3n) is 2.70. The number of hydrogen-bond acceptors (Lipinski definition) is 5. The molecule has 0 aliphatic carbocycles. The van der Waals surface area contributed by atoms with Crippen molar-refractivity contribution in [2.75, 3.05) is 5.73 Å². The summed E-state index contributed by atoms with van der Waals surface area (Å²) in [5.74, 6) is -1.02. The largest absolute Gasteiger partial charge is 0.457 e. The maximum absolute atomic E-state index is 13.1. The van der Waals surface area contributed by atoms with Gasteiger partial charge in [-0.3, -0.25) is 0 Å². The van der Waals surface area contributed by atoms with Crippen LogP contribution in [0.1, 0.15) is 25.7 Å². The average Bonchev–Trinajstić information content (AvgIpc) is 2.76. The number of aryl methyl sites for hydroxylation is 1. The predicted octanol–water partition coefficient (Wildman–Crippen LogP) is 3.01. The fourth-order valence-electron chi connectivity index (χ4n) is 1.60. The number of rotatable bonds is 3. The number of carbonyl (C=O) groups excluding carboxylic acids is 1. The van der Waals surface area contributed by atoms with Gasteiger partial charge in [0.25, 0.3) is 0 Å². The summed E-state index contributed by atoms with van der Waals surface area (Å²) < 4.78 is 18.2. The van der Waals surface area contributed by atoms with Crippen molar-refractivity contribution in [3.8, 4) is 6.07 Å². The SMILES string of the molecule is Cc1sc(C(=O)OCc2cc(F)ccc2C#N)cc1N. The number of carbonyl (C=O) groups is 1. The molecule has 0 unspecified atom stereocenters. The minimum Gasteiger partial charge on any atom is -0.457 e. The lowest BCUT2D eigenvalue weighted by molar-refractivity contribution is 0.0478. The van der Waals surface area contributed by atoms with Crippen LogP contribution >= 0.6 is 11.3 Å². The van der Waals surface area contributed by atoms with Gasteiger partial charge in [-0.2, -0.15) is 5.26 Å². The molecular formula is C14H11FN2O2S. The highest BCUT2D eigenvalue weighted by atomic mass is 32.1. The number of hydrogen-bond donors (Lipinski definition) is 1. The van der Waals surface area contributed by atoms with Gasteiger partial charge in [-0.25, -0.2) is 9.18 Å². The zero-order valence-electron chi connectivity index (χ0n) is 10.6. The molecule has 0 saturated heterocycles. The van der Waals surface area contributed by atoms with E-state index in [4.69, 9.17) is 15.7 Å². The minimum atomic E-state index is -0.539. The van der Waals surface area contributed by atoms with Crippen LogP contribution in [0.4, 0.5) is 10.1 Å². The Hall–Kier alpha value is -2.39. The molecule has 4 nitrogen and oxygen atoms in total. The van der Waals surface area contributed by atoms with Gasteiger partial charge in [0, 0.05) is 16.1 Å². The average molecular weight is 290 g/mol. The van der Waals surface area contributed by atoms with Gasteiger partial charge in [0.15, 0.2) is 0 Å². The maximum Gasteiger partial charge on any atom is 0.348 e. The van der Waals surface area contributed by atoms with E-state index in [1.54, 1.807) is 13.0 Å². The van der Waals surface area contributed by atoms with Crippen molar-refractivity contribution in [3.63, 3.8) is 0 Å². The van der Waals surface area contributed by atoms with Crippen molar-refractivity contribution in [1.82, 2.24) is 0 Å². The fourth-order valence-corrected chi connectivity index (χ4v) is 2.44. The molecule has 1 aromatic heterocycles. The van der Waals surface area contributed by atoms with Crippen LogP contribution < -0.4 is 5.73 Å². The lowest BCUT2D eigenvalue weighted by Gasteiger charge is -2.05. The van der Waals surface area contributed by atoms with Crippen molar-refractivity contribution in [2.45, 2.75) is 13.5 Å². The van der Waals surface area contributed by atoms with Crippen LogP contribution in [0.15, 0.2) is 24.3 Å². The first-order valence-corrected chi connectivity index (χ1v) is 6.54. The fraction of sp³-hybridized carbons (Fsp3) is 0.143. The zero-order chi connectivity index (χ0) is 14.7. The monoisotopic (exact) mass is 290 g/mol. The summed E-state index contributed by atoms with van der Waals surface area (Å²) in [6.45, 7) is 1.65. The van der Waals surface area contributed by atoms with Gasteiger partial charge in [0.2, 0.25) is 0 Å². The number of anilines is 1. The van der Waals surface area contributed by atoms with E-state index in [9.17, 15) is 9.18 Å². The Morgan fingerprint density at radius 2 is 2.25 bits per heavy atom. The molecule has 1 heterocycles. The van der Waals surface area contributed by atoms with Crippen LogP contribution in [0.5, 0.6) is 0 Å². The van der Waals surface area contributed by atoms with Crippen LogP contribution in [0.2, 0.25) is 0 Å². The summed E-state index contributed by atoms with van der Waals surface area (Å²) in [6.07, 6.45) is 0. The topological polar surface area (TPSA) is 76.1 Å². The molecule has 0 aliphatic rings. The molecule has 2 aromatic rings. The maximum atomic E-state index is 13.1. The molecule has 0 amide bonds. The van der Waals surface area contributed by atoms with Gasteiger partial charge in [0.1, 0.15) is 17.3 Å². The number of thiophene rings is 1. The lowest BCUT2D eigenvalue weighted by atomic mass is 10.1. The molecule has 0 fully saturated rings. The zero-order valence-corrected chi connectivity index (χ0v) is 11.5. The van der Waals surface area contributed by atoms with E-state index in [0.717, 1.165) is 4.88 Å². The first kappa shape index (κ1) is 14.0. The van der Waals surface area contributed by atoms with Gasteiger partial charge < -0.3 is 10.5 Å². The van der Waals surface area contributed by atoms with Gasteiger partial charge in [-0.1, -0.05) is 0 Å². The van der Waals surface area contributed by atoms with E-state index >= 15 is 0 Å². The van der Waals surface area contributed by atoms with Crippen molar-refractivity contribution in [2.24, 2.45) is 0 Å². The van der Waals surface area contributed by atoms with Gasteiger partial charge in [0.05, 0.1) is 11.6 Å². The van der Waals surface area contributed by atoms with Crippen molar-refractivity contribution in [1.29, 1.82) is 5.26 Å². The summed E-state index contributed by atoms with van der Waals surface area (Å²) in [6, 6.07) is 7.19. The van der Waals surface area contributed by atoms with Crippen LogP contribution in [0, 0.1) is 24.1 Å². The molecule has 20 heavy (non-hydrogen) atoms. The van der Waals surface area contributed by atoms with Gasteiger partial charge in [-0.05, 0) is 31.2 Å². The Labute approximate surface area is 119 Å². The third kappa shape index (κ3) is 2.95. The highest BCUT2D eigenvalue weighted by molar-refractivity contribution is 7.14. The van der Waals surface area contributed by atoms with Crippen LogP contribution in [-0.2, 0) is 11.3 Å². The van der Waals surface area contributed by atoms with Crippen molar-refractivity contribution < 1.29 is 13.9 Å². The van der Waals surface area contributed by atoms with Gasteiger partial charge in [-0.15, -0.1) is 11.3 Å². The second-order valence-corrected chi connectivity index (χ2v) is 5.37. The second-order valence-electron chi connectivity index (χ2n) is 4.11. The van der Waals surface area contributed by atoms with E-state index in [2.05, 4.69) is 0 Å². The molecule has 102 valence electrons. The summed E-state index contributed by atoms with van der Waals surface area (Å²) in [5, 5.41) is 8.90. The molecule has 0 bridgehead atoms. The number of benzene rings is 1. The molecular weight excluding hydrogens is 279 g/mol. The molecule has 0 spiro atoms. The van der Waals surface area contributed by atoms with E-state index in [1.165, 1.54) is 29.5 Å². The third-order valence-corrected chi connectivity index (χ3v) is 3.75. The number of nitrogen functional groups attached to an aromatic ring is 1. The number of ether oxygens (including phenoxy) is 1. The highest BCUT2D eigenvalue weighted by Gasteiger charge is 2.13. The number of nitrogens with zero attached hydrogens (tertiary/aromatic N) is 1. The Morgan fingerprint density at radius 3 is 2.85 bits per heavy atom. The first-order valence-electron chi connectivity index (χ1n) is 5.73. The molecule has 2 rings (SSSR count). The molecule has 0 atom stereocenters. The standard InChI is InChI=1S/C14H11FN2O2S/c1-8-12(17)5-13(20-8)14(18)19-7-10-4-11(15)3-2-9(10)6-16/h2-5H,7,17H2,1H3. The second kappa shape index (κ2) is 5.72. The van der Waals surface area contributed by atoms with E-state index < -0.39 is 11.8 Å². The summed E-state index contributed by atoms with van der Waals surface area (Å²) >= 11 is 1.23. The smallest absolute Gasteiger partial charge is 0.348 e. The molecule has 0 saturated carbocycles. The Balaban J connectivity index is 2.11. The summed E-state index contributed by atoms with van der Waals surface area (Å²) in [4.78, 5) is 13.0. The Kier molecular flexibility index (Phi) is 4.01. The summed E-state index contributed by atoms with van der Waals surface area (Å²) in [7, 11) is 0. The number of nitriles is 1. The van der Waals surface area contributed by atoms with Crippen LogP contribution in [0.3, 0.4) is 0 Å². The van der Waals surface area contributed by atoms with Crippen LogP contribution in [0.25, 0.3) is 0 Å². The number of nitrogens with two attached hydrogens (primary N) is 1. The van der Waals surface area contributed by atoms with Crippen LogP contribution in [-0.4, -0.2) is 5.97 Å². The van der Waals surface area contributed by atoms with Gasteiger partial charge >= 0.3 is 5.97 Å². The molecule has 0 radical (unpaired) electrons. The Bertz CT molecular complexity index is 684. The quantitative estimate of drug-likeness (QED) is 0.882. The Morgan fingerprint density at radius 1 is 1.50 bits per heavy atom. The van der Waals surface area contributed by atoms with Crippen molar-refractivity contribution >= 4 is 23.0 Å². The molecule has 0 aliphatic heterocycles. The van der Waals surface area contributed by atoms with E-state index in [0.29, 0.717) is 16.1 Å². The first-order chi connectivity index (χ1) is 9.51. The number of halogens is 1. The molecule has 2 N–H and O–H groups in total. The predicted molar refractivity (Wildman–Crippen MR) is 73.7 cm³/mol. The minimum absolute atomic E-state index is 0.156. The van der Waals surface area contributed by atoms with E-state index in [-0.39, 0.29) is 12.2 Å². The molecule has 6 heteroatoms. The molecule has 1 aromatic carbocycles. The van der Waals surface area contributed by atoms with Crippen molar-refractivity contribution in [3.05, 3.63) is 51.0 Å². The normalized spacial score (nSPS) is 10.1. The lowest BCUT2D eigenvalue weighted by Crippen LogP contribution is -2.04.